The zero-order valence-corrected chi connectivity index (χ0v) is 12.7. The maximum absolute atomic E-state index is 5.99. The number of pyridine rings is 1. The summed E-state index contributed by atoms with van der Waals surface area (Å²) in [5.74, 6) is 0.852. The number of imidazole rings is 1. The van der Waals surface area contributed by atoms with Crippen LogP contribution < -0.4 is 10.1 Å². The molecule has 0 aromatic carbocycles. The molecule has 1 aliphatic carbocycles. The van der Waals surface area contributed by atoms with Gasteiger partial charge >= 0.3 is 0 Å². The average molecular weight is 286 g/mol. The van der Waals surface area contributed by atoms with Gasteiger partial charge in [-0.2, -0.15) is 0 Å². The lowest BCUT2D eigenvalue weighted by atomic mass is 10.3. The fourth-order valence-corrected chi connectivity index (χ4v) is 2.38. The molecule has 5 heteroatoms. The van der Waals surface area contributed by atoms with Crippen LogP contribution in [0.4, 0.5) is 0 Å². The van der Waals surface area contributed by atoms with Crippen molar-refractivity contribution in [3.63, 3.8) is 0 Å². The Morgan fingerprint density at radius 1 is 1.38 bits per heavy atom. The van der Waals surface area contributed by atoms with Gasteiger partial charge in [-0.25, -0.2) is 4.98 Å². The van der Waals surface area contributed by atoms with Gasteiger partial charge in [-0.1, -0.05) is 6.92 Å². The van der Waals surface area contributed by atoms with E-state index in [0.29, 0.717) is 12.6 Å². The molecule has 0 saturated heterocycles. The summed E-state index contributed by atoms with van der Waals surface area (Å²) in [4.78, 5) is 8.81. The molecule has 0 unspecified atom stereocenters. The lowest BCUT2D eigenvalue weighted by molar-refractivity contribution is 0.289. The van der Waals surface area contributed by atoms with E-state index in [-0.39, 0.29) is 0 Å². The van der Waals surface area contributed by atoms with Gasteiger partial charge in [-0.15, -0.1) is 0 Å². The van der Waals surface area contributed by atoms with E-state index in [1.54, 1.807) is 0 Å². The van der Waals surface area contributed by atoms with E-state index in [4.69, 9.17) is 4.74 Å². The van der Waals surface area contributed by atoms with Crippen LogP contribution in [0.15, 0.2) is 24.7 Å². The molecule has 0 bridgehead atoms. The first-order valence-electron chi connectivity index (χ1n) is 7.58. The van der Waals surface area contributed by atoms with Gasteiger partial charge < -0.3 is 14.6 Å². The Balaban J connectivity index is 1.70. The van der Waals surface area contributed by atoms with Gasteiger partial charge in [0.25, 0.3) is 0 Å². The van der Waals surface area contributed by atoms with Crippen molar-refractivity contribution < 1.29 is 4.74 Å². The van der Waals surface area contributed by atoms with Crippen molar-refractivity contribution in [2.45, 2.75) is 45.9 Å². The van der Waals surface area contributed by atoms with E-state index < -0.39 is 0 Å². The van der Waals surface area contributed by atoms with Crippen LogP contribution in [-0.4, -0.2) is 21.1 Å². The normalized spacial score (nSPS) is 14.4. The highest BCUT2D eigenvalue weighted by Gasteiger charge is 2.25. The first-order valence-corrected chi connectivity index (χ1v) is 7.58. The minimum absolute atomic E-state index is 0.542. The highest BCUT2D eigenvalue weighted by molar-refractivity contribution is 5.29. The predicted octanol–water partition coefficient (Wildman–Crippen LogP) is 2.61. The Kier molecular flexibility index (Phi) is 4.20. The molecule has 5 nitrogen and oxygen atoms in total. The molecule has 0 amide bonds. The summed E-state index contributed by atoms with van der Waals surface area (Å²) in [5.41, 5.74) is 3.11. The molecule has 1 fully saturated rings. The molecule has 0 aliphatic heterocycles. The summed E-state index contributed by atoms with van der Waals surface area (Å²) in [7, 11) is 0. The predicted molar refractivity (Wildman–Crippen MR) is 81.2 cm³/mol. The third-order valence-corrected chi connectivity index (χ3v) is 3.68. The number of aromatic nitrogens is 3. The van der Waals surface area contributed by atoms with Crippen LogP contribution in [-0.2, 0) is 13.2 Å². The molecule has 1 saturated carbocycles. The van der Waals surface area contributed by atoms with Crippen LogP contribution in [0.2, 0.25) is 0 Å². The second kappa shape index (κ2) is 6.26. The van der Waals surface area contributed by atoms with Crippen LogP contribution in [0.1, 0.15) is 42.9 Å². The van der Waals surface area contributed by atoms with Gasteiger partial charge in [-0.05, 0) is 38.4 Å². The van der Waals surface area contributed by atoms with Crippen LogP contribution in [0.3, 0.4) is 0 Å². The monoisotopic (exact) mass is 286 g/mol. The topological polar surface area (TPSA) is 52.0 Å². The standard InChI is InChI=1S/C16H22N4O/c1-3-17-9-15-16(7-4-12(2)19-15)21-10-14-8-18-11-20(14)13-5-6-13/h4,7-8,11,13,17H,3,5-6,9-10H2,1-2H3. The van der Waals surface area contributed by atoms with E-state index in [9.17, 15) is 0 Å². The highest BCUT2D eigenvalue weighted by atomic mass is 16.5. The molecule has 0 spiro atoms. The number of ether oxygens (including phenoxy) is 1. The number of nitrogens with one attached hydrogen (secondary N) is 1. The maximum Gasteiger partial charge on any atom is 0.142 e. The van der Waals surface area contributed by atoms with Crippen molar-refractivity contribution >= 4 is 0 Å². The maximum atomic E-state index is 5.99. The van der Waals surface area contributed by atoms with Crippen molar-refractivity contribution in [1.29, 1.82) is 0 Å². The Morgan fingerprint density at radius 3 is 3.00 bits per heavy atom. The summed E-state index contributed by atoms with van der Waals surface area (Å²) in [5, 5.41) is 3.30. The molecule has 1 aliphatic rings. The van der Waals surface area contributed by atoms with Crippen molar-refractivity contribution in [2.24, 2.45) is 0 Å². The van der Waals surface area contributed by atoms with Crippen molar-refractivity contribution in [3.8, 4) is 5.75 Å². The molecule has 0 atom stereocenters. The number of hydrogen-bond acceptors (Lipinski definition) is 4. The van der Waals surface area contributed by atoms with Gasteiger partial charge in [0.1, 0.15) is 12.4 Å². The third kappa shape index (κ3) is 3.42. The number of rotatable bonds is 7. The molecule has 1 N–H and O–H groups in total. The van der Waals surface area contributed by atoms with Crippen molar-refractivity contribution in [2.75, 3.05) is 6.54 Å². The Hall–Kier alpha value is -1.88. The highest BCUT2D eigenvalue weighted by Crippen LogP contribution is 2.35. The minimum atomic E-state index is 0.542. The molecule has 2 aromatic heterocycles. The van der Waals surface area contributed by atoms with Gasteiger partial charge in [0, 0.05) is 18.3 Å². The zero-order chi connectivity index (χ0) is 14.7. The second-order valence-corrected chi connectivity index (χ2v) is 5.49. The lowest BCUT2D eigenvalue weighted by Gasteiger charge is -2.13. The Labute approximate surface area is 125 Å². The van der Waals surface area contributed by atoms with Gasteiger partial charge in [0.2, 0.25) is 0 Å². The summed E-state index contributed by atoms with van der Waals surface area (Å²) in [6.07, 6.45) is 6.30. The van der Waals surface area contributed by atoms with Crippen LogP contribution in [0.25, 0.3) is 0 Å². The second-order valence-electron chi connectivity index (χ2n) is 5.49. The Morgan fingerprint density at radius 2 is 2.24 bits per heavy atom. The fraction of sp³-hybridized carbons (Fsp3) is 0.500. The number of hydrogen-bond donors (Lipinski definition) is 1. The quantitative estimate of drug-likeness (QED) is 0.850. The summed E-state index contributed by atoms with van der Waals surface area (Å²) in [6.45, 7) is 6.28. The third-order valence-electron chi connectivity index (χ3n) is 3.68. The molecule has 0 radical (unpaired) electrons. The molecule has 21 heavy (non-hydrogen) atoms. The lowest BCUT2D eigenvalue weighted by Crippen LogP contribution is -2.15. The largest absolute Gasteiger partial charge is 0.485 e. The molecule has 2 aromatic rings. The fourth-order valence-electron chi connectivity index (χ4n) is 2.38. The van der Waals surface area contributed by atoms with Crippen LogP contribution in [0.5, 0.6) is 5.75 Å². The van der Waals surface area contributed by atoms with Gasteiger partial charge in [0.15, 0.2) is 0 Å². The molecule has 112 valence electrons. The van der Waals surface area contributed by atoms with E-state index in [1.807, 2.05) is 31.6 Å². The first kappa shape index (κ1) is 14.1. The van der Waals surface area contributed by atoms with Crippen LogP contribution in [0, 0.1) is 6.92 Å². The van der Waals surface area contributed by atoms with E-state index >= 15 is 0 Å². The average Bonchev–Trinajstić information content (AvgIpc) is 3.23. The summed E-state index contributed by atoms with van der Waals surface area (Å²) < 4.78 is 8.22. The molecular formula is C16H22N4O. The number of aryl methyl sites for hydroxylation is 1. The first-order chi connectivity index (χ1) is 10.3. The minimum Gasteiger partial charge on any atom is -0.485 e. The van der Waals surface area contributed by atoms with Crippen molar-refractivity contribution in [1.82, 2.24) is 19.9 Å². The van der Waals surface area contributed by atoms with Crippen LogP contribution >= 0.6 is 0 Å². The van der Waals surface area contributed by atoms with Gasteiger partial charge in [-0.3, -0.25) is 4.98 Å². The Bertz CT molecular complexity index is 604. The molecule has 3 rings (SSSR count). The van der Waals surface area contributed by atoms with Crippen molar-refractivity contribution in [3.05, 3.63) is 41.7 Å². The molecule has 2 heterocycles. The van der Waals surface area contributed by atoms with E-state index in [2.05, 4.69) is 26.8 Å². The summed E-state index contributed by atoms with van der Waals surface area (Å²) >= 11 is 0. The van der Waals surface area contributed by atoms with Gasteiger partial charge in [0.05, 0.1) is 23.9 Å². The zero-order valence-electron chi connectivity index (χ0n) is 12.7. The summed E-state index contributed by atoms with van der Waals surface area (Å²) in [6, 6.07) is 4.62. The smallest absolute Gasteiger partial charge is 0.142 e. The van der Waals surface area contributed by atoms with E-state index in [1.165, 1.54) is 12.8 Å². The molecular weight excluding hydrogens is 264 g/mol. The number of nitrogens with zero attached hydrogens (tertiary/aromatic N) is 3. The van der Waals surface area contributed by atoms with E-state index in [0.717, 1.165) is 35.9 Å². The SMILES string of the molecule is CCNCc1nc(C)ccc1OCc1cncn1C1CC1.